The van der Waals surface area contributed by atoms with Crippen LogP contribution in [0.1, 0.15) is 35.7 Å². The lowest BCUT2D eigenvalue weighted by Gasteiger charge is -2.15. The molecule has 2 rings (SSSR count). The second-order valence-corrected chi connectivity index (χ2v) is 7.83. The van der Waals surface area contributed by atoms with E-state index in [9.17, 15) is 13.2 Å². The molecule has 0 unspecified atom stereocenters. The van der Waals surface area contributed by atoms with Crippen LogP contribution in [0, 0.1) is 0 Å². The van der Waals surface area contributed by atoms with E-state index in [2.05, 4.69) is 20.7 Å². The molecule has 5 nitrogen and oxygen atoms in total. The first-order valence-electron chi connectivity index (χ1n) is 6.87. The van der Waals surface area contributed by atoms with Gasteiger partial charge in [-0.1, -0.05) is 32.0 Å². The van der Waals surface area contributed by atoms with Crippen LogP contribution in [0.25, 0.3) is 0 Å². The third kappa shape index (κ3) is 3.92. The van der Waals surface area contributed by atoms with Gasteiger partial charge >= 0.3 is 5.97 Å². The van der Waals surface area contributed by atoms with Crippen molar-refractivity contribution in [1.82, 2.24) is 0 Å². The zero-order valence-electron chi connectivity index (χ0n) is 12.6. The van der Waals surface area contributed by atoms with Crippen molar-refractivity contribution < 1.29 is 18.3 Å². The molecule has 0 bridgehead atoms. The summed E-state index contributed by atoms with van der Waals surface area (Å²) in [6.07, 6.45) is 0. The fourth-order valence-corrected chi connectivity index (χ4v) is 3.66. The number of para-hydroxylation sites is 1. The quantitative estimate of drug-likeness (QED) is 0.795. The van der Waals surface area contributed by atoms with Crippen LogP contribution in [-0.4, -0.2) is 19.5 Å². The number of carboxylic acid groups (broad SMARTS) is 1. The van der Waals surface area contributed by atoms with Crippen molar-refractivity contribution in [3.05, 3.63) is 58.1 Å². The van der Waals surface area contributed by atoms with Crippen LogP contribution >= 0.6 is 15.9 Å². The Morgan fingerprint density at radius 2 is 1.83 bits per heavy atom. The van der Waals surface area contributed by atoms with Crippen LogP contribution in [0.15, 0.2) is 51.8 Å². The van der Waals surface area contributed by atoms with Gasteiger partial charge in [0.05, 0.1) is 16.1 Å². The Hall–Kier alpha value is -1.86. The van der Waals surface area contributed by atoms with Gasteiger partial charge in [-0.25, -0.2) is 13.2 Å². The van der Waals surface area contributed by atoms with Gasteiger partial charge in [0.25, 0.3) is 10.0 Å². The molecule has 0 heterocycles. The highest BCUT2D eigenvalue weighted by molar-refractivity contribution is 9.10. The molecule has 0 saturated heterocycles. The van der Waals surface area contributed by atoms with Crippen molar-refractivity contribution in [2.24, 2.45) is 0 Å². The van der Waals surface area contributed by atoms with E-state index in [0.29, 0.717) is 10.2 Å². The second-order valence-electron chi connectivity index (χ2n) is 5.29. The molecule has 122 valence electrons. The maximum atomic E-state index is 12.5. The van der Waals surface area contributed by atoms with E-state index in [4.69, 9.17) is 5.11 Å². The van der Waals surface area contributed by atoms with Crippen LogP contribution in [0.2, 0.25) is 0 Å². The minimum atomic E-state index is -3.88. The lowest BCUT2D eigenvalue weighted by atomic mass is 10.0. The van der Waals surface area contributed by atoms with E-state index < -0.39 is 16.0 Å². The second kappa shape index (κ2) is 6.72. The fourth-order valence-electron chi connectivity index (χ4n) is 2.13. The number of aromatic carboxylic acids is 1. The van der Waals surface area contributed by atoms with Gasteiger partial charge in [-0.2, -0.15) is 0 Å². The Bertz CT molecular complexity index is 847. The lowest BCUT2D eigenvalue weighted by molar-refractivity contribution is 0.0695. The maximum absolute atomic E-state index is 12.5. The van der Waals surface area contributed by atoms with E-state index >= 15 is 0 Å². The van der Waals surface area contributed by atoms with Gasteiger partial charge in [0, 0.05) is 4.47 Å². The first-order valence-corrected chi connectivity index (χ1v) is 9.14. The smallest absolute Gasteiger partial charge is 0.336 e. The molecule has 0 fully saturated rings. The molecule has 0 aliphatic heterocycles. The first-order chi connectivity index (χ1) is 10.7. The molecule has 23 heavy (non-hydrogen) atoms. The maximum Gasteiger partial charge on any atom is 0.336 e. The van der Waals surface area contributed by atoms with E-state index in [1.165, 1.54) is 12.1 Å². The zero-order valence-corrected chi connectivity index (χ0v) is 15.0. The Labute approximate surface area is 143 Å². The molecule has 0 aliphatic carbocycles. The summed E-state index contributed by atoms with van der Waals surface area (Å²) in [4.78, 5) is 11.1. The van der Waals surface area contributed by atoms with Crippen LogP contribution in [0.5, 0.6) is 0 Å². The molecule has 0 aromatic heterocycles. The summed E-state index contributed by atoms with van der Waals surface area (Å²) in [7, 11) is -3.88. The summed E-state index contributed by atoms with van der Waals surface area (Å²) in [5, 5.41) is 9.12. The number of rotatable bonds is 5. The Balaban J connectivity index is 2.45. The molecule has 0 spiro atoms. The number of hydrogen-bond acceptors (Lipinski definition) is 3. The molecule has 0 atom stereocenters. The summed E-state index contributed by atoms with van der Waals surface area (Å²) in [5.41, 5.74) is 1.25. The summed E-state index contributed by atoms with van der Waals surface area (Å²) in [6.45, 7) is 3.94. The highest BCUT2D eigenvalue weighted by atomic mass is 79.9. The van der Waals surface area contributed by atoms with E-state index in [1.807, 2.05) is 26.0 Å². The molecule has 0 saturated carbocycles. The SMILES string of the molecule is CC(C)c1ccccc1NS(=O)(=O)c1ccc(Br)c(C(=O)O)c1. The van der Waals surface area contributed by atoms with Gasteiger partial charge in [0.2, 0.25) is 0 Å². The predicted molar refractivity (Wildman–Crippen MR) is 92.4 cm³/mol. The monoisotopic (exact) mass is 397 g/mol. The fraction of sp³-hybridized carbons (Fsp3) is 0.188. The highest BCUT2D eigenvalue weighted by Gasteiger charge is 2.20. The minimum Gasteiger partial charge on any atom is -0.478 e. The standard InChI is InChI=1S/C16H16BrNO4S/c1-10(2)12-5-3-4-6-15(12)18-23(21,22)11-7-8-14(17)13(9-11)16(19)20/h3-10,18H,1-2H3,(H,19,20). The molecule has 7 heteroatoms. The molecular formula is C16H16BrNO4S. The Morgan fingerprint density at radius 3 is 2.43 bits per heavy atom. The number of hydrogen-bond donors (Lipinski definition) is 2. The summed E-state index contributed by atoms with van der Waals surface area (Å²) in [6, 6.07) is 11.0. The van der Waals surface area contributed by atoms with Crippen LogP contribution < -0.4 is 4.72 Å². The van der Waals surface area contributed by atoms with Crippen molar-refractivity contribution in [3.8, 4) is 0 Å². The van der Waals surface area contributed by atoms with Crippen molar-refractivity contribution in [3.63, 3.8) is 0 Å². The van der Waals surface area contributed by atoms with Crippen LogP contribution in [-0.2, 0) is 10.0 Å². The normalized spacial score (nSPS) is 11.5. The van der Waals surface area contributed by atoms with Gasteiger partial charge < -0.3 is 5.11 Å². The molecular weight excluding hydrogens is 382 g/mol. The molecule has 0 amide bonds. The topological polar surface area (TPSA) is 83.5 Å². The van der Waals surface area contributed by atoms with Crippen molar-refractivity contribution in [2.45, 2.75) is 24.7 Å². The van der Waals surface area contributed by atoms with Gasteiger partial charge in [0.1, 0.15) is 0 Å². The number of anilines is 1. The van der Waals surface area contributed by atoms with Crippen LogP contribution in [0.3, 0.4) is 0 Å². The Kier molecular flexibility index (Phi) is 5.11. The van der Waals surface area contributed by atoms with Gasteiger partial charge in [-0.15, -0.1) is 0 Å². The molecule has 0 aliphatic rings. The minimum absolute atomic E-state index is 0.100. The molecule has 2 aromatic rings. The largest absolute Gasteiger partial charge is 0.478 e. The Morgan fingerprint density at radius 1 is 1.17 bits per heavy atom. The zero-order chi connectivity index (χ0) is 17.2. The number of benzene rings is 2. The third-order valence-corrected chi connectivity index (χ3v) is 5.36. The molecule has 0 radical (unpaired) electrons. The lowest BCUT2D eigenvalue weighted by Crippen LogP contribution is -2.15. The molecule has 2 N–H and O–H groups in total. The average molecular weight is 398 g/mol. The number of sulfonamides is 1. The number of carbonyl (C=O) groups is 1. The van der Waals surface area contributed by atoms with E-state index in [-0.39, 0.29) is 16.4 Å². The van der Waals surface area contributed by atoms with Gasteiger partial charge in [-0.05, 0) is 51.7 Å². The van der Waals surface area contributed by atoms with Gasteiger partial charge in [-0.3, -0.25) is 4.72 Å². The van der Waals surface area contributed by atoms with Gasteiger partial charge in [0.15, 0.2) is 0 Å². The van der Waals surface area contributed by atoms with E-state index in [1.54, 1.807) is 12.1 Å². The number of halogens is 1. The summed E-state index contributed by atoms with van der Waals surface area (Å²) in [5.74, 6) is -1.05. The van der Waals surface area contributed by atoms with Crippen molar-refractivity contribution in [2.75, 3.05) is 4.72 Å². The predicted octanol–water partition coefficient (Wildman–Crippen LogP) is 4.07. The van der Waals surface area contributed by atoms with Crippen LogP contribution in [0.4, 0.5) is 5.69 Å². The summed E-state index contributed by atoms with van der Waals surface area (Å²) >= 11 is 3.10. The first kappa shape index (κ1) is 17.5. The average Bonchev–Trinajstić information content (AvgIpc) is 2.47. The highest BCUT2D eigenvalue weighted by Crippen LogP contribution is 2.27. The van der Waals surface area contributed by atoms with Crippen molar-refractivity contribution >= 4 is 37.6 Å². The number of nitrogens with one attached hydrogen (secondary N) is 1. The summed E-state index contributed by atoms with van der Waals surface area (Å²) < 4.78 is 27.9. The van der Waals surface area contributed by atoms with E-state index in [0.717, 1.165) is 11.6 Å². The van der Waals surface area contributed by atoms with Crippen molar-refractivity contribution in [1.29, 1.82) is 0 Å². The number of carboxylic acids is 1. The molecule has 2 aromatic carbocycles. The third-order valence-electron chi connectivity index (χ3n) is 3.31.